The molecule has 2 amide bonds. The van der Waals surface area contributed by atoms with Gasteiger partial charge in [0.1, 0.15) is 6.04 Å². The second kappa shape index (κ2) is 6.89. The van der Waals surface area contributed by atoms with Gasteiger partial charge in [-0.15, -0.1) is 11.8 Å². The third-order valence-corrected chi connectivity index (χ3v) is 7.61. The molecule has 0 saturated carbocycles. The van der Waals surface area contributed by atoms with Gasteiger partial charge in [-0.3, -0.25) is 14.5 Å². The molecule has 0 aliphatic carbocycles. The van der Waals surface area contributed by atoms with E-state index in [9.17, 15) is 9.59 Å². The third kappa shape index (κ3) is 3.14. The van der Waals surface area contributed by atoms with E-state index in [1.54, 1.807) is 11.8 Å². The number of fused-ring (bicyclic) bond motifs is 2. The lowest BCUT2D eigenvalue weighted by Crippen LogP contribution is -2.52. The minimum absolute atomic E-state index is 0.000680. The standard InChI is InChI=1S/C20H27N3O2S/c1-14(22-10-8-15-5-3-4-6-16(15)12-22)11-21-19(25)17-13-26-20(2)9-7-18(24)23(17)20/h3-6,14,17H,7-13H2,1-2H3,(H,21,25). The molecule has 4 rings (SSSR count). The largest absolute Gasteiger partial charge is 0.353 e. The monoisotopic (exact) mass is 373 g/mol. The highest BCUT2D eigenvalue weighted by atomic mass is 32.2. The molecule has 3 unspecified atom stereocenters. The van der Waals surface area contributed by atoms with Crippen molar-refractivity contribution in [1.29, 1.82) is 0 Å². The predicted octanol–water partition coefficient (Wildman–Crippen LogP) is 2.00. The Balaban J connectivity index is 1.33. The van der Waals surface area contributed by atoms with Crippen LogP contribution in [0.1, 0.15) is 37.8 Å². The molecule has 0 spiro atoms. The Morgan fingerprint density at radius 2 is 2.12 bits per heavy atom. The summed E-state index contributed by atoms with van der Waals surface area (Å²) in [7, 11) is 0. The minimum Gasteiger partial charge on any atom is -0.353 e. The van der Waals surface area contributed by atoms with Crippen molar-refractivity contribution in [3.8, 4) is 0 Å². The van der Waals surface area contributed by atoms with E-state index >= 15 is 0 Å². The number of benzene rings is 1. The first-order valence-corrected chi connectivity index (χ1v) is 10.5. The molecule has 3 aliphatic heterocycles. The maximum atomic E-state index is 12.7. The molecule has 2 fully saturated rings. The molecule has 1 aromatic carbocycles. The van der Waals surface area contributed by atoms with Crippen LogP contribution in [0.3, 0.4) is 0 Å². The Morgan fingerprint density at radius 1 is 1.35 bits per heavy atom. The predicted molar refractivity (Wildman–Crippen MR) is 104 cm³/mol. The molecular weight excluding hydrogens is 346 g/mol. The summed E-state index contributed by atoms with van der Waals surface area (Å²) >= 11 is 1.74. The second-order valence-corrected chi connectivity index (χ2v) is 9.35. The van der Waals surface area contributed by atoms with E-state index in [2.05, 4.69) is 48.3 Å². The molecule has 1 aromatic rings. The van der Waals surface area contributed by atoms with Crippen molar-refractivity contribution in [1.82, 2.24) is 15.1 Å². The maximum Gasteiger partial charge on any atom is 0.243 e. The maximum absolute atomic E-state index is 12.7. The summed E-state index contributed by atoms with van der Waals surface area (Å²) < 4.78 is 0. The normalized spacial score (nSPS) is 29.4. The smallest absolute Gasteiger partial charge is 0.243 e. The van der Waals surface area contributed by atoms with Gasteiger partial charge in [0.25, 0.3) is 0 Å². The molecule has 1 N–H and O–H groups in total. The van der Waals surface area contributed by atoms with Crippen LogP contribution in [0.25, 0.3) is 0 Å². The average Bonchev–Trinajstić information content (AvgIpc) is 3.15. The SMILES string of the molecule is CC(CNC(=O)C1CSC2(C)CCC(=O)N12)N1CCc2ccccc2C1. The number of carbonyl (C=O) groups excluding carboxylic acids is 2. The van der Waals surface area contributed by atoms with Crippen molar-refractivity contribution in [3.05, 3.63) is 35.4 Å². The van der Waals surface area contributed by atoms with Gasteiger partial charge in [-0.05, 0) is 37.8 Å². The van der Waals surface area contributed by atoms with E-state index in [-0.39, 0.29) is 28.8 Å². The minimum atomic E-state index is -0.311. The van der Waals surface area contributed by atoms with Crippen molar-refractivity contribution < 1.29 is 9.59 Å². The summed E-state index contributed by atoms with van der Waals surface area (Å²) in [4.78, 5) is 29.0. The summed E-state index contributed by atoms with van der Waals surface area (Å²) in [5, 5.41) is 3.11. The lowest BCUT2D eigenvalue weighted by Gasteiger charge is -2.34. The van der Waals surface area contributed by atoms with Gasteiger partial charge in [-0.1, -0.05) is 24.3 Å². The molecule has 3 atom stereocenters. The molecule has 2 saturated heterocycles. The van der Waals surface area contributed by atoms with Crippen LogP contribution in [-0.4, -0.2) is 57.4 Å². The molecule has 26 heavy (non-hydrogen) atoms. The zero-order valence-electron chi connectivity index (χ0n) is 15.5. The fourth-order valence-electron chi connectivity index (χ4n) is 4.40. The fraction of sp³-hybridized carbons (Fsp3) is 0.600. The summed E-state index contributed by atoms with van der Waals surface area (Å²) in [6, 6.07) is 8.57. The molecule has 3 heterocycles. The van der Waals surface area contributed by atoms with Gasteiger partial charge >= 0.3 is 0 Å². The highest BCUT2D eigenvalue weighted by Crippen LogP contribution is 2.47. The van der Waals surface area contributed by atoms with E-state index in [1.165, 1.54) is 11.1 Å². The molecule has 140 valence electrons. The van der Waals surface area contributed by atoms with Crippen molar-refractivity contribution in [2.24, 2.45) is 0 Å². The van der Waals surface area contributed by atoms with E-state index < -0.39 is 0 Å². The van der Waals surface area contributed by atoms with E-state index in [1.807, 2.05) is 4.90 Å². The second-order valence-electron chi connectivity index (χ2n) is 7.85. The first kappa shape index (κ1) is 17.9. The topological polar surface area (TPSA) is 52.7 Å². The van der Waals surface area contributed by atoms with E-state index in [4.69, 9.17) is 0 Å². The van der Waals surface area contributed by atoms with Crippen LogP contribution in [0, 0.1) is 0 Å². The van der Waals surface area contributed by atoms with Crippen LogP contribution < -0.4 is 5.32 Å². The van der Waals surface area contributed by atoms with Gasteiger partial charge in [-0.2, -0.15) is 0 Å². The molecule has 6 heteroatoms. The molecule has 0 bridgehead atoms. The highest BCUT2D eigenvalue weighted by molar-refractivity contribution is 8.01. The zero-order chi connectivity index (χ0) is 18.3. The number of rotatable bonds is 4. The van der Waals surface area contributed by atoms with Gasteiger partial charge in [0.2, 0.25) is 11.8 Å². The van der Waals surface area contributed by atoms with Crippen LogP contribution >= 0.6 is 11.8 Å². The summed E-state index contributed by atoms with van der Waals surface area (Å²) in [6.45, 7) is 6.85. The van der Waals surface area contributed by atoms with Crippen molar-refractivity contribution in [3.63, 3.8) is 0 Å². The van der Waals surface area contributed by atoms with Crippen molar-refractivity contribution in [2.75, 3.05) is 18.8 Å². The number of carbonyl (C=O) groups is 2. The van der Waals surface area contributed by atoms with Crippen LogP contribution in [0.4, 0.5) is 0 Å². The first-order chi connectivity index (χ1) is 12.5. The molecule has 5 nitrogen and oxygen atoms in total. The van der Waals surface area contributed by atoms with Crippen molar-refractivity contribution >= 4 is 23.6 Å². The third-order valence-electron chi connectivity index (χ3n) is 6.10. The van der Waals surface area contributed by atoms with Gasteiger partial charge in [0, 0.05) is 37.8 Å². The van der Waals surface area contributed by atoms with E-state index in [0.29, 0.717) is 18.7 Å². The Labute approximate surface area is 159 Å². The summed E-state index contributed by atoms with van der Waals surface area (Å²) in [5.41, 5.74) is 2.83. The number of hydrogen-bond donors (Lipinski definition) is 1. The van der Waals surface area contributed by atoms with E-state index in [0.717, 1.165) is 25.9 Å². The van der Waals surface area contributed by atoms with Gasteiger partial charge in [0.05, 0.1) is 4.87 Å². The van der Waals surface area contributed by atoms with Crippen molar-refractivity contribution in [2.45, 2.75) is 56.6 Å². The fourth-order valence-corrected chi connectivity index (χ4v) is 5.84. The first-order valence-electron chi connectivity index (χ1n) is 9.52. The Hall–Kier alpha value is -1.53. The van der Waals surface area contributed by atoms with Crippen LogP contribution in [0.2, 0.25) is 0 Å². The van der Waals surface area contributed by atoms with Crippen LogP contribution in [-0.2, 0) is 22.6 Å². The summed E-state index contributed by atoms with van der Waals surface area (Å²) in [5.74, 6) is 0.832. The van der Waals surface area contributed by atoms with Crippen LogP contribution in [0.15, 0.2) is 24.3 Å². The zero-order valence-corrected chi connectivity index (χ0v) is 16.3. The highest BCUT2D eigenvalue weighted by Gasteiger charge is 2.52. The number of hydrogen-bond acceptors (Lipinski definition) is 4. The Kier molecular flexibility index (Phi) is 4.73. The number of thioether (sulfide) groups is 1. The summed E-state index contributed by atoms with van der Waals surface area (Å²) in [6.07, 6.45) is 2.48. The number of nitrogens with one attached hydrogen (secondary N) is 1. The molecular formula is C20H27N3O2S. The quantitative estimate of drug-likeness (QED) is 0.877. The van der Waals surface area contributed by atoms with Crippen LogP contribution in [0.5, 0.6) is 0 Å². The average molecular weight is 374 g/mol. The number of amides is 2. The molecule has 0 radical (unpaired) electrons. The molecule has 3 aliphatic rings. The number of nitrogens with zero attached hydrogens (tertiary/aromatic N) is 2. The molecule has 0 aromatic heterocycles. The lowest BCUT2D eigenvalue weighted by atomic mass is 9.99. The van der Waals surface area contributed by atoms with Gasteiger partial charge in [0.15, 0.2) is 0 Å². The van der Waals surface area contributed by atoms with Gasteiger partial charge < -0.3 is 10.2 Å². The lowest BCUT2D eigenvalue weighted by molar-refractivity contribution is -0.138. The Morgan fingerprint density at radius 3 is 2.92 bits per heavy atom. The van der Waals surface area contributed by atoms with Gasteiger partial charge in [-0.25, -0.2) is 0 Å². The Bertz CT molecular complexity index is 725.